The van der Waals surface area contributed by atoms with Crippen LogP contribution in [0.25, 0.3) is 0 Å². The molecule has 0 saturated carbocycles. The molecule has 0 amide bonds. The van der Waals surface area contributed by atoms with Crippen molar-refractivity contribution in [1.29, 1.82) is 0 Å². The first-order valence-electron chi connectivity index (χ1n) is 7.47. The molecule has 5 heteroatoms. The lowest BCUT2D eigenvalue weighted by molar-refractivity contribution is 0.487. The van der Waals surface area contributed by atoms with Gasteiger partial charge in [-0.1, -0.05) is 52.0 Å². The maximum Gasteiger partial charge on any atom is 0.150 e. The minimum Gasteiger partial charge on any atom is -0.271 e. The van der Waals surface area contributed by atoms with E-state index in [0.717, 1.165) is 5.56 Å². The number of sulfone groups is 1. The summed E-state index contributed by atoms with van der Waals surface area (Å²) < 4.78 is 23.2. The first kappa shape index (κ1) is 18.1. The Morgan fingerprint density at radius 3 is 2.38 bits per heavy atom. The summed E-state index contributed by atoms with van der Waals surface area (Å²) in [5.41, 5.74) is 5.27. The molecule has 0 heterocycles. The lowest BCUT2D eigenvalue weighted by atomic mass is 9.81. The number of hydrogen-bond acceptors (Lipinski definition) is 4. The van der Waals surface area contributed by atoms with Gasteiger partial charge in [-0.05, 0) is 29.4 Å². The molecule has 0 spiro atoms. The van der Waals surface area contributed by atoms with E-state index in [4.69, 9.17) is 5.84 Å². The van der Waals surface area contributed by atoms with Crippen LogP contribution in [0.2, 0.25) is 0 Å². The van der Waals surface area contributed by atoms with Crippen LogP contribution in [-0.4, -0.2) is 19.9 Å². The number of hydrogen-bond donors (Lipinski definition) is 2. The van der Waals surface area contributed by atoms with E-state index in [1.165, 1.54) is 5.56 Å². The number of benzene rings is 1. The van der Waals surface area contributed by atoms with Crippen molar-refractivity contribution in [1.82, 2.24) is 5.43 Å². The molecular formula is C16H28N2O2S. The van der Waals surface area contributed by atoms with Crippen molar-refractivity contribution in [2.75, 3.05) is 11.5 Å². The van der Waals surface area contributed by atoms with E-state index >= 15 is 0 Å². The zero-order valence-electron chi connectivity index (χ0n) is 13.5. The summed E-state index contributed by atoms with van der Waals surface area (Å²) in [6, 6.07) is 8.19. The van der Waals surface area contributed by atoms with Crippen molar-refractivity contribution in [3.63, 3.8) is 0 Å². The molecule has 0 fully saturated rings. The number of rotatable bonds is 7. The Kier molecular flexibility index (Phi) is 6.38. The predicted molar refractivity (Wildman–Crippen MR) is 88.8 cm³/mol. The van der Waals surface area contributed by atoms with E-state index in [0.29, 0.717) is 12.8 Å². The lowest BCUT2D eigenvalue weighted by Gasteiger charge is -2.27. The van der Waals surface area contributed by atoms with E-state index < -0.39 is 9.84 Å². The van der Waals surface area contributed by atoms with Crippen LogP contribution >= 0.6 is 0 Å². The Labute approximate surface area is 129 Å². The second kappa shape index (κ2) is 7.38. The largest absolute Gasteiger partial charge is 0.271 e. The Hall–Kier alpha value is -0.910. The Morgan fingerprint density at radius 2 is 1.86 bits per heavy atom. The quantitative estimate of drug-likeness (QED) is 0.600. The molecule has 0 bridgehead atoms. The summed E-state index contributed by atoms with van der Waals surface area (Å²) in [4.78, 5) is 0. The average Bonchev–Trinajstić information content (AvgIpc) is 2.43. The molecule has 0 aliphatic rings. The molecule has 1 rings (SSSR count). The normalized spacial score (nSPS) is 14.1. The molecule has 1 aromatic carbocycles. The summed E-state index contributed by atoms with van der Waals surface area (Å²) in [5.74, 6) is 6.12. The summed E-state index contributed by atoms with van der Waals surface area (Å²) in [5, 5.41) is 0. The molecule has 0 aliphatic carbocycles. The Balaban J connectivity index is 2.87. The fourth-order valence-corrected chi connectivity index (χ4v) is 3.36. The van der Waals surface area contributed by atoms with Gasteiger partial charge in [-0.25, -0.2) is 8.42 Å². The van der Waals surface area contributed by atoms with Gasteiger partial charge in [0, 0.05) is 11.8 Å². The molecule has 0 saturated heterocycles. The number of nitrogens with two attached hydrogens (primary N) is 1. The second-order valence-electron chi connectivity index (χ2n) is 6.44. The van der Waals surface area contributed by atoms with E-state index in [1.807, 2.05) is 12.1 Å². The molecule has 1 atom stereocenters. The monoisotopic (exact) mass is 312 g/mol. The van der Waals surface area contributed by atoms with Crippen molar-refractivity contribution in [3.05, 3.63) is 35.4 Å². The van der Waals surface area contributed by atoms with Crippen molar-refractivity contribution in [2.24, 2.45) is 5.84 Å². The van der Waals surface area contributed by atoms with Gasteiger partial charge in [-0.15, -0.1) is 0 Å². The molecule has 4 nitrogen and oxygen atoms in total. The van der Waals surface area contributed by atoms with Crippen molar-refractivity contribution < 1.29 is 8.42 Å². The van der Waals surface area contributed by atoms with E-state index in [2.05, 4.69) is 38.3 Å². The summed E-state index contributed by atoms with van der Waals surface area (Å²) in [6.45, 7) is 8.19. The number of nitrogens with one attached hydrogen (secondary N) is 1. The molecule has 21 heavy (non-hydrogen) atoms. The minimum absolute atomic E-state index is 0.0209. The van der Waals surface area contributed by atoms with Crippen LogP contribution in [0, 0.1) is 0 Å². The second-order valence-corrected chi connectivity index (χ2v) is 8.91. The standard InChI is InChI=1S/C16H28N2O2S/c1-5-21(19,20)12-8-11-15(18-17)13-9-6-7-10-14(13)16(2,3)4/h6-7,9-10,15,18H,5,8,11-12,17H2,1-4H3. The SMILES string of the molecule is CCS(=O)(=O)CCCC(NN)c1ccccc1C(C)(C)C. The van der Waals surface area contributed by atoms with Gasteiger partial charge in [0.1, 0.15) is 9.84 Å². The highest BCUT2D eigenvalue weighted by Crippen LogP contribution is 2.31. The van der Waals surface area contributed by atoms with Gasteiger partial charge in [-0.2, -0.15) is 0 Å². The fraction of sp³-hybridized carbons (Fsp3) is 0.625. The molecular weight excluding hydrogens is 284 g/mol. The first-order valence-corrected chi connectivity index (χ1v) is 9.29. The fourth-order valence-electron chi connectivity index (χ4n) is 2.46. The molecule has 1 unspecified atom stereocenters. The van der Waals surface area contributed by atoms with E-state index in [1.54, 1.807) is 6.92 Å². The predicted octanol–water partition coefficient (Wildman–Crippen LogP) is 2.70. The van der Waals surface area contributed by atoms with Crippen LogP contribution in [0.1, 0.15) is 57.7 Å². The zero-order chi connectivity index (χ0) is 16.1. The molecule has 0 aliphatic heterocycles. The van der Waals surface area contributed by atoms with E-state index in [-0.39, 0.29) is 23.0 Å². The molecule has 0 aromatic heterocycles. The van der Waals surface area contributed by atoms with Gasteiger partial charge in [0.05, 0.1) is 5.75 Å². The van der Waals surface area contributed by atoms with Crippen LogP contribution in [0.15, 0.2) is 24.3 Å². The molecule has 0 radical (unpaired) electrons. The van der Waals surface area contributed by atoms with Crippen molar-refractivity contribution in [2.45, 2.75) is 52.0 Å². The van der Waals surface area contributed by atoms with Crippen molar-refractivity contribution >= 4 is 9.84 Å². The van der Waals surface area contributed by atoms with Crippen LogP contribution in [-0.2, 0) is 15.3 Å². The Morgan fingerprint density at radius 1 is 1.24 bits per heavy atom. The van der Waals surface area contributed by atoms with Gasteiger partial charge in [0.2, 0.25) is 0 Å². The lowest BCUT2D eigenvalue weighted by Crippen LogP contribution is -2.30. The van der Waals surface area contributed by atoms with Crippen molar-refractivity contribution in [3.8, 4) is 0 Å². The van der Waals surface area contributed by atoms with Gasteiger partial charge in [0.25, 0.3) is 0 Å². The third kappa shape index (κ3) is 5.41. The molecule has 3 N–H and O–H groups in total. The topological polar surface area (TPSA) is 72.2 Å². The summed E-state index contributed by atoms with van der Waals surface area (Å²) in [7, 11) is -2.91. The minimum atomic E-state index is -2.91. The third-order valence-electron chi connectivity index (χ3n) is 3.73. The van der Waals surface area contributed by atoms with Crippen LogP contribution in [0.5, 0.6) is 0 Å². The highest BCUT2D eigenvalue weighted by molar-refractivity contribution is 7.91. The molecule has 120 valence electrons. The zero-order valence-corrected chi connectivity index (χ0v) is 14.3. The highest BCUT2D eigenvalue weighted by atomic mass is 32.2. The van der Waals surface area contributed by atoms with Gasteiger partial charge in [0.15, 0.2) is 0 Å². The van der Waals surface area contributed by atoms with Gasteiger partial charge in [-0.3, -0.25) is 11.3 Å². The summed E-state index contributed by atoms with van der Waals surface area (Å²) >= 11 is 0. The maximum absolute atomic E-state index is 11.6. The highest BCUT2D eigenvalue weighted by Gasteiger charge is 2.22. The first-order chi connectivity index (χ1) is 9.71. The van der Waals surface area contributed by atoms with Gasteiger partial charge >= 0.3 is 0 Å². The average molecular weight is 312 g/mol. The smallest absolute Gasteiger partial charge is 0.150 e. The van der Waals surface area contributed by atoms with E-state index in [9.17, 15) is 8.42 Å². The third-order valence-corrected chi connectivity index (χ3v) is 5.52. The Bertz CT molecular complexity index is 548. The number of hydrazine groups is 1. The molecule has 1 aromatic rings. The van der Waals surface area contributed by atoms with Crippen LogP contribution in [0.4, 0.5) is 0 Å². The maximum atomic E-state index is 11.6. The summed E-state index contributed by atoms with van der Waals surface area (Å²) in [6.07, 6.45) is 1.33. The van der Waals surface area contributed by atoms with Crippen LogP contribution in [0.3, 0.4) is 0 Å². The van der Waals surface area contributed by atoms with Crippen LogP contribution < -0.4 is 11.3 Å². The van der Waals surface area contributed by atoms with Gasteiger partial charge < -0.3 is 0 Å².